The van der Waals surface area contributed by atoms with Gasteiger partial charge in [0.1, 0.15) is 0 Å². The van der Waals surface area contributed by atoms with Gasteiger partial charge in [0.2, 0.25) is 5.91 Å². The number of nitrogens with zero attached hydrogens (tertiary/aromatic N) is 1. The van der Waals surface area contributed by atoms with E-state index in [0.717, 1.165) is 25.1 Å². The molecule has 1 fully saturated rings. The van der Waals surface area contributed by atoms with Crippen molar-refractivity contribution in [3.8, 4) is 0 Å². The number of nitrogens with one attached hydrogen (secondary N) is 1. The van der Waals surface area contributed by atoms with Crippen LogP contribution < -0.4 is 5.32 Å². The minimum Gasteiger partial charge on any atom is -0.354 e. The first-order valence-electron chi connectivity index (χ1n) is 8.89. The van der Waals surface area contributed by atoms with Crippen molar-refractivity contribution in [3.63, 3.8) is 0 Å². The van der Waals surface area contributed by atoms with Crippen LogP contribution in [0.4, 0.5) is 0 Å². The Hall–Kier alpha value is -1.65. The van der Waals surface area contributed by atoms with Crippen molar-refractivity contribution in [1.29, 1.82) is 0 Å². The van der Waals surface area contributed by atoms with Crippen LogP contribution in [0.25, 0.3) is 0 Å². The highest BCUT2D eigenvalue weighted by molar-refractivity contribution is 7.10. The van der Waals surface area contributed by atoms with Gasteiger partial charge in [-0.25, -0.2) is 0 Å². The zero-order valence-corrected chi connectivity index (χ0v) is 15.1. The number of rotatable bonds is 7. The monoisotopic (exact) mass is 342 g/mol. The van der Waals surface area contributed by atoms with E-state index in [0.29, 0.717) is 12.6 Å². The fourth-order valence-corrected chi connectivity index (χ4v) is 4.38. The van der Waals surface area contributed by atoms with Crippen LogP contribution in [0.1, 0.15) is 48.6 Å². The fourth-order valence-electron chi connectivity index (χ4n) is 3.52. The predicted octanol–water partition coefficient (Wildman–Crippen LogP) is 4.20. The Morgan fingerprint density at radius 2 is 1.92 bits per heavy atom. The van der Waals surface area contributed by atoms with Crippen molar-refractivity contribution in [2.45, 2.75) is 38.1 Å². The Labute approximate surface area is 148 Å². The van der Waals surface area contributed by atoms with Gasteiger partial charge in [-0.2, -0.15) is 0 Å². The first-order valence-corrected chi connectivity index (χ1v) is 9.77. The molecule has 2 heterocycles. The molecule has 0 radical (unpaired) electrons. The maximum absolute atomic E-state index is 12.7. The van der Waals surface area contributed by atoms with Gasteiger partial charge in [0.15, 0.2) is 0 Å². The third kappa shape index (κ3) is 4.05. The van der Waals surface area contributed by atoms with Crippen molar-refractivity contribution in [3.05, 3.63) is 58.3 Å². The van der Waals surface area contributed by atoms with Crippen molar-refractivity contribution in [1.82, 2.24) is 10.2 Å². The quantitative estimate of drug-likeness (QED) is 0.818. The number of carbonyl (C=O) groups excluding carboxylic acids is 1. The first kappa shape index (κ1) is 17.2. The largest absolute Gasteiger partial charge is 0.354 e. The zero-order chi connectivity index (χ0) is 16.8. The van der Waals surface area contributed by atoms with Gasteiger partial charge in [-0.1, -0.05) is 43.3 Å². The molecule has 1 aromatic carbocycles. The molecule has 24 heavy (non-hydrogen) atoms. The van der Waals surface area contributed by atoms with Crippen LogP contribution in [-0.2, 0) is 4.79 Å². The average molecular weight is 343 g/mol. The van der Waals surface area contributed by atoms with Crippen LogP contribution in [-0.4, -0.2) is 30.4 Å². The maximum Gasteiger partial charge on any atom is 0.227 e. The highest BCUT2D eigenvalue weighted by atomic mass is 32.1. The molecule has 128 valence electrons. The molecule has 1 aromatic heterocycles. The second-order valence-electron chi connectivity index (χ2n) is 6.39. The minimum absolute atomic E-state index is 0.0613. The van der Waals surface area contributed by atoms with E-state index in [9.17, 15) is 4.79 Å². The number of amides is 1. The summed E-state index contributed by atoms with van der Waals surface area (Å²) >= 11 is 1.79. The summed E-state index contributed by atoms with van der Waals surface area (Å²) in [6, 6.07) is 14.7. The molecule has 0 bridgehead atoms. The summed E-state index contributed by atoms with van der Waals surface area (Å²) in [6.07, 6.45) is 3.35. The predicted molar refractivity (Wildman–Crippen MR) is 100 cm³/mol. The third-order valence-electron chi connectivity index (χ3n) is 4.85. The molecule has 3 rings (SSSR count). The second kappa shape index (κ2) is 8.45. The van der Waals surface area contributed by atoms with Gasteiger partial charge in [-0.15, -0.1) is 11.3 Å². The highest BCUT2D eigenvalue weighted by Gasteiger charge is 2.26. The Morgan fingerprint density at radius 1 is 1.17 bits per heavy atom. The zero-order valence-electron chi connectivity index (χ0n) is 14.3. The molecule has 0 aliphatic carbocycles. The molecule has 1 saturated heterocycles. The molecule has 3 nitrogen and oxygen atoms in total. The number of thiophene rings is 1. The first-order chi connectivity index (χ1) is 11.8. The van der Waals surface area contributed by atoms with Gasteiger partial charge in [0, 0.05) is 11.4 Å². The topological polar surface area (TPSA) is 32.3 Å². The normalized spacial score (nSPS) is 17.5. The van der Waals surface area contributed by atoms with Gasteiger partial charge in [-0.05, 0) is 49.4 Å². The summed E-state index contributed by atoms with van der Waals surface area (Å²) in [7, 11) is 0. The van der Waals surface area contributed by atoms with Gasteiger partial charge < -0.3 is 5.32 Å². The van der Waals surface area contributed by atoms with E-state index < -0.39 is 0 Å². The van der Waals surface area contributed by atoms with E-state index in [1.54, 1.807) is 11.3 Å². The summed E-state index contributed by atoms with van der Waals surface area (Å²) in [5.41, 5.74) is 1.10. The van der Waals surface area contributed by atoms with Crippen molar-refractivity contribution < 1.29 is 4.79 Å². The maximum atomic E-state index is 12.7. The number of hydrogen-bond acceptors (Lipinski definition) is 3. The third-order valence-corrected chi connectivity index (χ3v) is 5.82. The molecule has 1 amide bonds. The Kier molecular flexibility index (Phi) is 6.05. The molecule has 1 aliphatic heterocycles. The van der Waals surface area contributed by atoms with E-state index in [4.69, 9.17) is 0 Å². The van der Waals surface area contributed by atoms with Crippen LogP contribution >= 0.6 is 11.3 Å². The molecule has 1 N–H and O–H groups in total. The molecule has 2 aromatic rings. The number of hydrogen-bond donors (Lipinski definition) is 1. The molecular weight excluding hydrogens is 316 g/mol. The standard InChI is InChI=1S/C20H26N2OS/c1-2-17(16-9-4-3-5-10-16)20(23)21-15-18(19-11-8-14-24-19)22-12-6-7-13-22/h3-5,8-11,14,17-18H,2,6-7,12-13,15H2,1H3,(H,21,23). The summed E-state index contributed by atoms with van der Waals surface area (Å²) in [6.45, 7) is 5.04. The number of likely N-dealkylation sites (tertiary alicyclic amines) is 1. The smallest absolute Gasteiger partial charge is 0.227 e. The molecule has 2 atom stereocenters. The fraction of sp³-hybridized carbons (Fsp3) is 0.450. The van der Waals surface area contributed by atoms with Crippen LogP contribution in [0.3, 0.4) is 0 Å². The molecule has 0 spiro atoms. The van der Waals surface area contributed by atoms with Crippen LogP contribution in [0, 0.1) is 0 Å². The van der Waals surface area contributed by atoms with E-state index >= 15 is 0 Å². The summed E-state index contributed by atoms with van der Waals surface area (Å²) < 4.78 is 0. The van der Waals surface area contributed by atoms with Gasteiger partial charge in [0.05, 0.1) is 12.0 Å². The lowest BCUT2D eigenvalue weighted by molar-refractivity contribution is -0.122. The average Bonchev–Trinajstić information content (AvgIpc) is 3.31. The minimum atomic E-state index is -0.0613. The van der Waals surface area contributed by atoms with E-state index in [1.807, 2.05) is 30.3 Å². The summed E-state index contributed by atoms with van der Waals surface area (Å²) in [4.78, 5) is 16.6. The van der Waals surface area contributed by atoms with Crippen LogP contribution in [0.5, 0.6) is 0 Å². The molecule has 0 saturated carbocycles. The van der Waals surface area contributed by atoms with Gasteiger partial charge in [-0.3, -0.25) is 9.69 Å². The molecular formula is C20H26N2OS. The van der Waals surface area contributed by atoms with Crippen molar-refractivity contribution >= 4 is 17.2 Å². The van der Waals surface area contributed by atoms with Crippen molar-refractivity contribution in [2.24, 2.45) is 0 Å². The summed E-state index contributed by atoms with van der Waals surface area (Å²) in [5, 5.41) is 5.35. The van der Waals surface area contributed by atoms with E-state index in [2.05, 4.69) is 34.7 Å². The Bertz CT molecular complexity index is 620. The lowest BCUT2D eigenvalue weighted by Crippen LogP contribution is -2.38. The molecule has 4 heteroatoms. The summed E-state index contributed by atoms with van der Waals surface area (Å²) in [5.74, 6) is 0.0817. The van der Waals surface area contributed by atoms with Gasteiger partial charge >= 0.3 is 0 Å². The SMILES string of the molecule is CCC(C(=O)NCC(c1cccs1)N1CCCC1)c1ccccc1. The molecule has 1 aliphatic rings. The lowest BCUT2D eigenvalue weighted by Gasteiger charge is -2.27. The van der Waals surface area contributed by atoms with Crippen LogP contribution in [0.2, 0.25) is 0 Å². The van der Waals surface area contributed by atoms with Crippen LogP contribution in [0.15, 0.2) is 47.8 Å². The lowest BCUT2D eigenvalue weighted by atomic mass is 9.95. The number of carbonyl (C=O) groups is 1. The van der Waals surface area contributed by atoms with E-state index in [1.165, 1.54) is 17.7 Å². The molecule has 2 unspecified atom stereocenters. The van der Waals surface area contributed by atoms with Gasteiger partial charge in [0.25, 0.3) is 0 Å². The van der Waals surface area contributed by atoms with E-state index in [-0.39, 0.29) is 11.8 Å². The Balaban J connectivity index is 1.66. The van der Waals surface area contributed by atoms with Crippen molar-refractivity contribution in [2.75, 3.05) is 19.6 Å². The highest BCUT2D eigenvalue weighted by Crippen LogP contribution is 2.28. The number of benzene rings is 1. The second-order valence-corrected chi connectivity index (χ2v) is 7.37. The Morgan fingerprint density at radius 3 is 2.54 bits per heavy atom.